The normalized spacial score (nSPS) is 16.3. The van der Waals surface area contributed by atoms with Gasteiger partial charge in [-0.3, -0.25) is 9.89 Å². The highest BCUT2D eigenvalue weighted by molar-refractivity contribution is 5.79. The minimum absolute atomic E-state index is 0.0425. The number of nitrogens with one attached hydrogen (secondary N) is 2. The second-order valence-electron chi connectivity index (χ2n) is 7.53. The molecule has 0 bridgehead atoms. The van der Waals surface area contributed by atoms with Gasteiger partial charge in [-0.15, -0.1) is 0 Å². The molecule has 156 valence electrons. The third-order valence-corrected chi connectivity index (χ3v) is 5.33. The van der Waals surface area contributed by atoms with E-state index in [0.29, 0.717) is 12.1 Å². The molecule has 1 amide bonds. The van der Waals surface area contributed by atoms with Gasteiger partial charge in [-0.25, -0.2) is 4.39 Å². The molecule has 2 N–H and O–H groups in total. The van der Waals surface area contributed by atoms with Crippen LogP contribution in [-0.4, -0.2) is 42.3 Å². The number of H-pyrrole nitrogens is 1. The number of rotatable bonds is 6. The number of carbonyl (C=O) groups excluding carboxylic acids is 1. The van der Waals surface area contributed by atoms with Crippen LogP contribution >= 0.6 is 0 Å². The summed E-state index contributed by atoms with van der Waals surface area (Å²) >= 11 is 0. The number of ether oxygens (including phenoxy) is 1. The smallest absolute Gasteiger partial charge is 0.224 e. The molecule has 4 rings (SSSR count). The van der Waals surface area contributed by atoms with Crippen LogP contribution in [0.15, 0.2) is 54.6 Å². The number of amides is 1. The Hall–Kier alpha value is -3.35. The van der Waals surface area contributed by atoms with Gasteiger partial charge < -0.3 is 15.0 Å². The van der Waals surface area contributed by atoms with Crippen molar-refractivity contribution in [2.75, 3.05) is 25.1 Å². The van der Waals surface area contributed by atoms with Crippen LogP contribution in [0.4, 0.5) is 10.2 Å². The molecule has 0 radical (unpaired) electrons. The van der Waals surface area contributed by atoms with E-state index in [4.69, 9.17) is 4.74 Å². The summed E-state index contributed by atoms with van der Waals surface area (Å²) in [6, 6.07) is 16.0. The molecule has 6 nitrogen and oxygen atoms in total. The van der Waals surface area contributed by atoms with Gasteiger partial charge in [0, 0.05) is 25.2 Å². The summed E-state index contributed by atoms with van der Waals surface area (Å²) < 4.78 is 18.5. The number of aromatic amines is 1. The summed E-state index contributed by atoms with van der Waals surface area (Å²) in [5.41, 5.74) is 2.65. The first kappa shape index (κ1) is 19.9. The molecule has 0 saturated carbocycles. The SMILES string of the molecule is COc1ccc(-c2cc(N3CCC[C@@H](NC(=O)Cc4cccc(F)c4)C3)n[nH]2)cc1. The highest BCUT2D eigenvalue weighted by Crippen LogP contribution is 2.25. The Morgan fingerprint density at radius 1 is 1.27 bits per heavy atom. The van der Waals surface area contributed by atoms with Crippen LogP contribution in [0.25, 0.3) is 11.3 Å². The summed E-state index contributed by atoms with van der Waals surface area (Å²) in [7, 11) is 1.65. The molecule has 1 aliphatic heterocycles. The number of aromatic nitrogens is 2. The molecule has 3 aromatic rings. The highest BCUT2D eigenvalue weighted by atomic mass is 19.1. The first-order valence-electron chi connectivity index (χ1n) is 10.1. The second kappa shape index (κ2) is 8.98. The lowest BCUT2D eigenvalue weighted by molar-refractivity contribution is -0.121. The third-order valence-electron chi connectivity index (χ3n) is 5.33. The topological polar surface area (TPSA) is 70.2 Å². The lowest BCUT2D eigenvalue weighted by Crippen LogP contribution is -2.48. The molecule has 1 atom stereocenters. The Bertz CT molecular complexity index is 1000. The summed E-state index contributed by atoms with van der Waals surface area (Å²) in [5, 5.41) is 10.6. The molecule has 7 heteroatoms. The van der Waals surface area contributed by atoms with Gasteiger partial charge in [0.1, 0.15) is 11.6 Å². The van der Waals surface area contributed by atoms with Gasteiger partial charge >= 0.3 is 0 Å². The number of methoxy groups -OCH3 is 1. The van der Waals surface area contributed by atoms with Gasteiger partial charge in [0.25, 0.3) is 0 Å². The van der Waals surface area contributed by atoms with Crippen molar-refractivity contribution in [1.82, 2.24) is 15.5 Å². The zero-order chi connectivity index (χ0) is 20.9. The van der Waals surface area contributed by atoms with E-state index in [-0.39, 0.29) is 24.2 Å². The van der Waals surface area contributed by atoms with Crippen molar-refractivity contribution >= 4 is 11.7 Å². The molecule has 1 aromatic heterocycles. The predicted octanol–water partition coefficient (Wildman–Crippen LogP) is 3.55. The van der Waals surface area contributed by atoms with Crippen molar-refractivity contribution in [2.45, 2.75) is 25.3 Å². The van der Waals surface area contributed by atoms with Crippen molar-refractivity contribution in [3.8, 4) is 17.0 Å². The van der Waals surface area contributed by atoms with E-state index in [1.54, 1.807) is 19.2 Å². The largest absolute Gasteiger partial charge is 0.497 e. The maximum absolute atomic E-state index is 13.3. The van der Waals surface area contributed by atoms with Gasteiger partial charge in [-0.05, 0) is 60.4 Å². The Morgan fingerprint density at radius 3 is 2.87 bits per heavy atom. The maximum Gasteiger partial charge on any atom is 0.224 e. The van der Waals surface area contributed by atoms with Crippen molar-refractivity contribution in [3.05, 3.63) is 66.0 Å². The number of piperidine rings is 1. The van der Waals surface area contributed by atoms with Crippen LogP contribution in [0.1, 0.15) is 18.4 Å². The Morgan fingerprint density at radius 2 is 2.10 bits per heavy atom. The van der Waals surface area contributed by atoms with E-state index >= 15 is 0 Å². The molecule has 2 aromatic carbocycles. The number of anilines is 1. The molecular formula is C23H25FN4O2. The van der Waals surface area contributed by atoms with Gasteiger partial charge in [0.2, 0.25) is 5.91 Å². The molecular weight excluding hydrogens is 383 g/mol. The van der Waals surface area contributed by atoms with Crippen LogP contribution in [0, 0.1) is 5.82 Å². The van der Waals surface area contributed by atoms with Crippen LogP contribution in [-0.2, 0) is 11.2 Å². The fourth-order valence-corrected chi connectivity index (χ4v) is 3.81. The molecule has 2 heterocycles. The first-order chi connectivity index (χ1) is 14.6. The average Bonchev–Trinajstić information content (AvgIpc) is 3.24. The molecule has 30 heavy (non-hydrogen) atoms. The van der Waals surface area contributed by atoms with Crippen LogP contribution in [0.5, 0.6) is 5.75 Å². The second-order valence-corrected chi connectivity index (χ2v) is 7.53. The molecule has 1 saturated heterocycles. The van der Waals surface area contributed by atoms with Crippen molar-refractivity contribution in [2.24, 2.45) is 0 Å². The summed E-state index contributed by atoms with van der Waals surface area (Å²) in [5.74, 6) is 1.26. The summed E-state index contributed by atoms with van der Waals surface area (Å²) in [6.45, 7) is 1.59. The molecule has 0 aliphatic carbocycles. The van der Waals surface area contributed by atoms with Gasteiger partial charge in [0.15, 0.2) is 5.82 Å². The number of hydrogen-bond acceptors (Lipinski definition) is 4. The zero-order valence-electron chi connectivity index (χ0n) is 16.9. The van der Waals surface area contributed by atoms with Crippen LogP contribution in [0.3, 0.4) is 0 Å². The standard InChI is InChI=1S/C23H25FN4O2/c1-30-20-9-7-17(8-10-20)21-14-22(27-26-21)28-11-3-6-19(15-28)25-23(29)13-16-4-2-5-18(24)12-16/h2,4-5,7-10,12,14,19H,3,6,11,13,15H2,1H3,(H,25,29)(H,26,27)/t19-/m1/s1. The van der Waals surface area contributed by atoms with E-state index in [1.807, 2.05) is 30.3 Å². The minimum atomic E-state index is -0.324. The minimum Gasteiger partial charge on any atom is -0.497 e. The third kappa shape index (κ3) is 4.79. The fourth-order valence-electron chi connectivity index (χ4n) is 3.81. The lowest BCUT2D eigenvalue weighted by Gasteiger charge is -2.33. The fraction of sp³-hybridized carbons (Fsp3) is 0.304. The molecule has 1 aliphatic rings. The average molecular weight is 408 g/mol. The van der Waals surface area contributed by atoms with Crippen molar-refractivity contribution in [3.63, 3.8) is 0 Å². The van der Waals surface area contributed by atoms with E-state index in [2.05, 4.69) is 20.4 Å². The number of hydrogen-bond donors (Lipinski definition) is 2. The maximum atomic E-state index is 13.3. The number of nitrogens with zero attached hydrogens (tertiary/aromatic N) is 2. The van der Waals surface area contributed by atoms with Crippen LogP contribution < -0.4 is 15.0 Å². The Labute approximate surface area is 175 Å². The van der Waals surface area contributed by atoms with E-state index < -0.39 is 0 Å². The molecule has 0 spiro atoms. The number of halogens is 1. The Balaban J connectivity index is 1.36. The van der Waals surface area contributed by atoms with Gasteiger partial charge in [-0.1, -0.05) is 12.1 Å². The van der Waals surface area contributed by atoms with Crippen LogP contribution in [0.2, 0.25) is 0 Å². The van der Waals surface area contributed by atoms with Gasteiger partial charge in [0.05, 0.1) is 19.2 Å². The first-order valence-corrected chi connectivity index (χ1v) is 10.1. The van der Waals surface area contributed by atoms with E-state index in [9.17, 15) is 9.18 Å². The lowest BCUT2D eigenvalue weighted by atomic mass is 10.0. The van der Waals surface area contributed by atoms with Crippen molar-refractivity contribution < 1.29 is 13.9 Å². The van der Waals surface area contributed by atoms with Gasteiger partial charge in [-0.2, -0.15) is 5.10 Å². The number of benzene rings is 2. The summed E-state index contributed by atoms with van der Waals surface area (Å²) in [4.78, 5) is 14.6. The quantitative estimate of drug-likeness (QED) is 0.654. The molecule has 1 fully saturated rings. The monoisotopic (exact) mass is 408 g/mol. The van der Waals surface area contributed by atoms with E-state index in [0.717, 1.165) is 42.2 Å². The number of carbonyl (C=O) groups is 1. The Kier molecular flexibility index (Phi) is 5.97. The molecule has 0 unspecified atom stereocenters. The summed E-state index contributed by atoms with van der Waals surface area (Å²) in [6.07, 6.45) is 2.06. The highest BCUT2D eigenvalue weighted by Gasteiger charge is 2.23. The van der Waals surface area contributed by atoms with E-state index in [1.165, 1.54) is 12.1 Å². The zero-order valence-corrected chi connectivity index (χ0v) is 16.9. The van der Waals surface area contributed by atoms with Crippen molar-refractivity contribution in [1.29, 1.82) is 0 Å². The predicted molar refractivity (Wildman–Crippen MR) is 114 cm³/mol.